The molecule has 0 aromatic heterocycles. The molecule has 1 aromatic carbocycles. The third kappa shape index (κ3) is 5.89. The predicted octanol–water partition coefficient (Wildman–Crippen LogP) is 1.47. The molecule has 0 radical (unpaired) electrons. The average molecular weight is 484 g/mol. The van der Waals surface area contributed by atoms with Crippen molar-refractivity contribution < 1.29 is 17.9 Å². The third-order valence-corrected chi connectivity index (χ3v) is 5.22. The number of benzene rings is 1. The van der Waals surface area contributed by atoms with Crippen LogP contribution in [0.15, 0.2) is 23.2 Å². The molecule has 0 aliphatic carbocycles. The highest BCUT2D eigenvalue weighted by molar-refractivity contribution is 14.0. The first-order chi connectivity index (χ1) is 11.3. The summed E-state index contributed by atoms with van der Waals surface area (Å²) in [6, 6.07) is 5.14. The van der Waals surface area contributed by atoms with Crippen LogP contribution in [0.25, 0.3) is 0 Å². The van der Waals surface area contributed by atoms with Gasteiger partial charge in [0, 0.05) is 18.7 Å². The number of guanidine groups is 1. The van der Waals surface area contributed by atoms with E-state index in [1.54, 1.807) is 32.4 Å². The van der Waals surface area contributed by atoms with Crippen LogP contribution in [0.4, 0.5) is 5.69 Å². The maximum atomic E-state index is 11.7. The van der Waals surface area contributed by atoms with E-state index in [1.165, 1.54) is 10.6 Å². The summed E-state index contributed by atoms with van der Waals surface area (Å²) in [6.07, 6.45) is 2.84. The van der Waals surface area contributed by atoms with Gasteiger partial charge in [0.1, 0.15) is 11.5 Å². The minimum Gasteiger partial charge on any atom is -0.497 e. The number of sulfonamides is 1. The number of anilines is 1. The second kappa shape index (κ2) is 9.43. The van der Waals surface area contributed by atoms with Crippen molar-refractivity contribution in [2.45, 2.75) is 18.9 Å². The zero-order chi connectivity index (χ0) is 17.7. The highest BCUT2D eigenvalue weighted by atomic mass is 127. The van der Waals surface area contributed by atoms with Gasteiger partial charge < -0.3 is 20.5 Å². The summed E-state index contributed by atoms with van der Waals surface area (Å²) in [7, 11) is -0.0812. The Morgan fingerprint density at radius 2 is 2.12 bits per heavy atom. The average Bonchev–Trinajstić information content (AvgIpc) is 3.01. The van der Waals surface area contributed by atoms with E-state index in [9.17, 15) is 8.42 Å². The van der Waals surface area contributed by atoms with Crippen LogP contribution >= 0.6 is 24.0 Å². The second-order valence-corrected chi connectivity index (χ2v) is 7.52. The van der Waals surface area contributed by atoms with E-state index in [1.807, 2.05) is 0 Å². The van der Waals surface area contributed by atoms with Gasteiger partial charge in [-0.15, -0.1) is 24.0 Å². The quantitative estimate of drug-likeness (QED) is 0.360. The van der Waals surface area contributed by atoms with E-state index < -0.39 is 10.0 Å². The summed E-state index contributed by atoms with van der Waals surface area (Å²) in [6.45, 7) is 0.855. The van der Waals surface area contributed by atoms with Crippen LogP contribution in [-0.2, 0) is 10.0 Å². The largest absolute Gasteiger partial charge is 0.497 e. The highest BCUT2D eigenvalue weighted by Gasteiger charge is 2.31. The number of rotatable bonds is 6. The van der Waals surface area contributed by atoms with Crippen LogP contribution in [0, 0.1) is 0 Å². The Bertz CT molecular complexity index is 711. The zero-order valence-corrected chi connectivity index (χ0v) is 17.7. The molecule has 0 amide bonds. The first kappa shape index (κ1) is 21.8. The van der Waals surface area contributed by atoms with Crippen molar-refractivity contribution >= 4 is 45.6 Å². The molecule has 1 aliphatic heterocycles. The van der Waals surface area contributed by atoms with Crippen LogP contribution in [-0.4, -0.2) is 58.3 Å². The highest BCUT2D eigenvalue weighted by Crippen LogP contribution is 2.28. The molecule has 1 heterocycles. The number of halogens is 1. The van der Waals surface area contributed by atoms with E-state index in [-0.39, 0.29) is 36.0 Å². The first-order valence-corrected chi connectivity index (χ1v) is 9.45. The lowest BCUT2D eigenvalue weighted by Crippen LogP contribution is -2.37. The standard InChI is InChI=1S/C15H24N4O4S.HI/c1-22-12-6-7-14(23-2)13(9-12)18-15(16)17-10-11-5-4-8-19(11)24(3,20)21;/h6-7,9,11H,4-5,8,10H2,1-3H3,(H3,16,17,18);1H/t11-;/m1./s1. The molecule has 0 bridgehead atoms. The molecule has 1 saturated heterocycles. The van der Waals surface area contributed by atoms with E-state index >= 15 is 0 Å². The Kier molecular flexibility index (Phi) is 8.22. The van der Waals surface area contributed by atoms with E-state index in [2.05, 4.69) is 10.3 Å². The van der Waals surface area contributed by atoms with Crippen LogP contribution in [0.1, 0.15) is 12.8 Å². The fraction of sp³-hybridized carbons (Fsp3) is 0.533. The lowest BCUT2D eigenvalue weighted by atomic mass is 10.2. The number of nitrogens with one attached hydrogen (secondary N) is 1. The summed E-state index contributed by atoms with van der Waals surface area (Å²) in [4.78, 5) is 4.28. The van der Waals surface area contributed by atoms with Crippen LogP contribution in [0.3, 0.4) is 0 Å². The Hall–Kier alpha value is -1.27. The zero-order valence-electron chi connectivity index (χ0n) is 14.6. The summed E-state index contributed by atoms with van der Waals surface area (Å²) >= 11 is 0. The van der Waals surface area contributed by atoms with Crippen molar-refractivity contribution in [3.05, 3.63) is 18.2 Å². The minimum atomic E-state index is -3.21. The summed E-state index contributed by atoms with van der Waals surface area (Å²) < 4.78 is 35.4. The van der Waals surface area contributed by atoms with Gasteiger partial charge in [0.05, 0.1) is 32.7 Å². The molecule has 142 valence electrons. The number of methoxy groups -OCH3 is 2. The van der Waals surface area contributed by atoms with Crippen molar-refractivity contribution in [2.75, 3.05) is 38.9 Å². The van der Waals surface area contributed by atoms with Gasteiger partial charge in [0.2, 0.25) is 10.0 Å². The molecule has 1 aliphatic rings. The van der Waals surface area contributed by atoms with E-state index in [0.29, 0.717) is 30.3 Å². The Morgan fingerprint density at radius 1 is 1.40 bits per heavy atom. The predicted molar refractivity (Wildman–Crippen MR) is 110 cm³/mol. The van der Waals surface area contributed by atoms with Crippen LogP contribution in [0.5, 0.6) is 11.5 Å². The van der Waals surface area contributed by atoms with Crippen LogP contribution < -0.4 is 20.5 Å². The van der Waals surface area contributed by atoms with Crippen molar-refractivity contribution in [3.63, 3.8) is 0 Å². The second-order valence-electron chi connectivity index (χ2n) is 5.59. The topological polar surface area (TPSA) is 106 Å². The van der Waals surface area contributed by atoms with Gasteiger partial charge in [-0.25, -0.2) is 8.42 Å². The molecule has 0 saturated carbocycles. The molecule has 1 fully saturated rings. The number of aliphatic imine (C=N–C) groups is 1. The van der Waals surface area contributed by atoms with Gasteiger partial charge in [-0.1, -0.05) is 0 Å². The fourth-order valence-electron chi connectivity index (χ4n) is 2.72. The van der Waals surface area contributed by atoms with Gasteiger partial charge in [0.25, 0.3) is 0 Å². The Morgan fingerprint density at radius 3 is 2.72 bits per heavy atom. The number of hydrogen-bond acceptors (Lipinski definition) is 5. The molecular formula is C15H25IN4O4S. The van der Waals surface area contributed by atoms with Gasteiger partial charge in [-0.3, -0.25) is 4.99 Å². The van der Waals surface area contributed by atoms with E-state index in [4.69, 9.17) is 15.2 Å². The maximum absolute atomic E-state index is 11.7. The molecule has 8 nitrogen and oxygen atoms in total. The number of nitrogens with zero attached hydrogens (tertiary/aromatic N) is 2. The lowest BCUT2D eigenvalue weighted by molar-refractivity contribution is 0.397. The minimum absolute atomic E-state index is 0. The molecule has 10 heteroatoms. The summed E-state index contributed by atoms with van der Waals surface area (Å²) in [5.41, 5.74) is 6.56. The summed E-state index contributed by atoms with van der Waals surface area (Å²) in [5, 5.41) is 2.97. The van der Waals surface area contributed by atoms with E-state index in [0.717, 1.165) is 12.8 Å². The Balaban J connectivity index is 0.00000312. The van der Waals surface area contributed by atoms with Crippen molar-refractivity contribution in [1.82, 2.24) is 4.31 Å². The third-order valence-electron chi connectivity index (χ3n) is 3.89. The molecule has 1 aromatic rings. The molecule has 25 heavy (non-hydrogen) atoms. The van der Waals surface area contributed by atoms with Gasteiger partial charge in [0.15, 0.2) is 5.96 Å². The number of hydrogen-bond donors (Lipinski definition) is 2. The normalized spacial score (nSPS) is 18.5. The summed E-state index contributed by atoms with van der Waals surface area (Å²) in [5.74, 6) is 1.46. The maximum Gasteiger partial charge on any atom is 0.211 e. The monoisotopic (exact) mass is 484 g/mol. The first-order valence-electron chi connectivity index (χ1n) is 7.61. The SMILES string of the molecule is COc1ccc(OC)c(NC(N)=NC[C@H]2CCCN2S(C)(=O)=O)c1.I. The number of nitrogens with two attached hydrogens (primary N) is 1. The molecule has 2 rings (SSSR count). The van der Waals surface area contributed by atoms with Crippen LogP contribution in [0.2, 0.25) is 0 Å². The lowest BCUT2D eigenvalue weighted by Gasteiger charge is -2.20. The van der Waals surface area contributed by atoms with Gasteiger partial charge in [-0.05, 0) is 25.0 Å². The smallest absolute Gasteiger partial charge is 0.211 e. The molecule has 0 unspecified atom stereocenters. The molecule has 0 spiro atoms. The van der Waals surface area contributed by atoms with Crippen molar-refractivity contribution in [3.8, 4) is 11.5 Å². The molecule has 1 atom stereocenters. The van der Waals surface area contributed by atoms with Gasteiger partial charge in [-0.2, -0.15) is 4.31 Å². The fourth-order valence-corrected chi connectivity index (χ4v) is 3.90. The van der Waals surface area contributed by atoms with Gasteiger partial charge >= 0.3 is 0 Å². The Labute approximate surface area is 165 Å². The molecular weight excluding hydrogens is 459 g/mol. The number of ether oxygens (including phenoxy) is 2. The van der Waals surface area contributed by atoms with Crippen molar-refractivity contribution in [2.24, 2.45) is 10.7 Å². The molecule has 3 N–H and O–H groups in total. The van der Waals surface area contributed by atoms with Crippen molar-refractivity contribution in [1.29, 1.82) is 0 Å².